The number of hydrogen-bond donors (Lipinski definition) is 0. The fourth-order valence-electron chi connectivity index (χ4n) is 1.72. The zero-order chi connectivity index (χ0) is 10.0. The Morgan fingerprint density at radius 3 is 2.36 bits per heavy atom. The van der Waals surface area contributed by atoms with Crippen molar-refractivity contribution in [1.82, 2.24) is 0 Å². The Hall–Kier alpha value is -1.18. The third-order valence-electron chi connectivity index (χ3n) is 2.42. The molecule has 0 fully saturated rings. The van der Waals surface area contributed by atoms with Gasteiger partial charge < -0.3 is 0 Å². The van der Waals surface area contributed by atoms with Crippen LogP contribution >= 0.6 is 0 Å². The van der Waals surface area contributed by atoms with E-state index < -0.39 is 5.92 Å². The summed E-state index contributed by atoms with van der Waals surface area (Å²) in [5.74, 6) is -2.56. The minimum Gasteiger partial charge on any atom is -0.206 e. The van der Waals surface area contributed by atoms with Crippen molar-refractivity contribution < 1.29 is 8.78 Å². The summed E-state index contributed by atoms with van der Waals surface area (Å²) in [6.07, 6.45) is 11.8. The van der Waals surface area contributed by atoms with E-state index in [2.05, 4.69) is 0 Å². The topological polar surface area (TPSA) is 0 Å². The van der Waals surface area contributed by atoms with Gasteiger partial charge in [-0.3, -0.25) is 0 Å². The second-order valence-corrected chi connectivity index (χ2v) is 3.66. The zero-order valence-electron chi connectivity index (χ0n) is 7.84. The van der Waals surface area contributed by atoms with Crippen molar-refractivity contribution in [3.63, 3.8) is 0 Å². The molecule has 0 heterocycles. The molecule has 2 aliphatic carbocycles. The Labute approximate surface area is 82.3 Å². The van der Waals surface area contributed by atoms with Gasteiger partial charge >= 0.3 is 0 Å². The molecular weight excluding hydrogens is 182 g/mol. The highest BCUT2D eigenvalue weighted by Crippen LogP contribution is 2.34. The van der Waals surface area contributed by atoms with Gasteiger partial charge in [0, 0.05) is 12.8 Å². The Morgan fingerprint density at radius 2 is 1.71 bits per heavy atom. The quantitative estimate of drug-likeness (QED) is 0.550. The predicted octanol–water partition coefficient (Wildman–Crippen LogP) is 3.78. The zero-order valence-corrected chi connectivity index (χ0v) is 7.84. The monoisotopic (exact) mass is 194 g/mol. The molecule has 2 aliphatic rings. The van der Waals surface area contributed by atoms with Crippen molar-refractivity contribution in [3.8, 4) is 0 Å². The SMILES string of the molecule is FC1(F)CC=CC(=C2C=CCC=C2)C1. The molecule has 74 valence electrons. The maximum Gasteiger partial charge on any atom is 0.255 e. The van der Waals surface area contributed by atoms with Crippen LogP contribution in [0.15, 0.2) is 47.6 Å². The van der Waals surface area contributed by atoms with E-state index in [0.29, 0.717) is 0 Å². The molecule has 0 N–H and O–H groups in total. The summed E-state index contributed by atoms with van der Waals surface area (Å²) < 4.78 is 26.2. The van der Waals surface area contributed by atoms with E-state index in [0.717, 1.165) is 17.6 Å². The van der Waals surface area contributed by atoms with Crippen molar-refractivity contribution in [2.75, 3.05) is 0 Å². The number of allylic oxidation sites excluding steroid dienone is 8. The van der Waals surface area contributed by atoms with Crippen LogP contribution in [0.25, 0.3) is 0 Å². The van der Waals surface area contributed by atoms with Crippen molar-refractivity contribution in [3.05, 3.63) is 47.6 Å². The fraction of sp³-hybridized carbons (Fsp3) is 0.333. The molecule has 2 heteroatoms. The Morgan fingerprint density at radius 1 is 1.00 bits per heavy atom. The number of alkyl halides is 2. The van der Waals surface area contributed by atoms with E-state index >= 15 is 0 Å². The normalized spacial score (nSPS) is 24.4. The van der Waals surface area contributed by atoms with Crippen molar-refractivity contribution in [2.24, 2.45) is 0 Å². The van der Waals surface area contributed by atoms with E-state index in [1.165, 1.54) is 0 Å². The van der Waals surface area contributed by atoms with Crippen LogP contribution in [-0.4, -0.2) is 5.92 Å². The van der Waals surface area contributed by atoms with Crippen molar-refractivity contribution >= 4 is 0 Å². The smallest absolute Gasteiger partial charge is 0.206 e. The Kier molecular flexibility index (Phi) is 2.36. The summed E-state index contributed by atoms with van der Waals surface area (Å²) in [6.45, 7) is 0. The van der Waals surface area contributed by atoms with Gasteiger partial charge in [0.25, 0.3) is 5.92 Å². The van der Waals surface area contributed by atoms with E-state index in [4.69, 9.17) is 0 Å². The summed E-state index contributed by atoms with van der Waals surface area (Å²) in [7, 11) is 0. The van der Waals surface area contributed by atoms with Crippen LogP contribution in [0, 0.1) is 0 Å². The lowest BCUT2D eigenvalue weighted by Crippen LogP contribution is -2.18. The average molecular weight is 194 g/mol. The highest BCUT2D eigenvalue weighted by atomic mass is 19.3. The molecular formula is C12H12F2. The fourth-order valence-corrected chi connectivity index (χ4v) is 1.72. The molecule has 0 aromatic carbocycles. The van der Waals surface area contributed by atoms with E-state index in [9.17, 15) is 8.78 Å². The van der Waals surface area contributed by atoms with Crippen LogP contribution in [-0.2, 0) is 0 Å². The molecule has 0 amide bonds. The van der Waals surface area contributed by atoms with Gasteiger partial charge in [0.2, 0.25) is 0 Å². The molecule has 0 atom stereocenters. The molecule has 0 nitrogen and oxygen atoms in total. The molecule has 0 aromatic rings. The Balaban J connectivity index is 2.30. The van der Waals surface area contributed by atoms with Crippen LogP contribution in [0.5, 0.6) is 0 Å². The van der Waals surface area contributed by atoms with Gasteiger partial charge in [-0.2, -0.15) is 0 Å². The minimum atomic E-state index is -2.56. The van der Waals surface area contributed by atoms with Gasteiger partial charge in [-0.05, 0) is 17.6 Å². The molecule has 2 rings (SSSR count). The summed E-state index contributed by atoms with van der Waals surface area (Å²) in [4.78, 5) is 0. The molecule has 0 aliphatic heterocycles. The minimum absolute atomic E-state index is 0.128. The second-order valence-electron chi connectivity index (χ2n) is 3.66. The van der Waals surface area contributed by atoms with Crippen LogP contribution in [0.1, 0.15) is 19.3 Å². The first-order chi connectivity index (χ1) is 6.67. The van der Waals surface area contributed by atoms with Crippen LogP contribution in [0.3, 0.4) is 0 Å². The molecule has 0 unspecified atom stereocenters. The van der Waals surface area contributed by atoms with Gasteiger partial charge in [-0.1, -0.05) is 36.5 Å². The van der Waals surface area contributed by atoms with Gasteiger partial charge in [0.1, 0.15) is 0 Å². The van der Waals surface area contributed by atoms with Crippen LogP contribution in [0.2, 0.25) is 0 Å². The lowest BCUT2D eigenvalue weighted by molar-refractivity contribution is 0.00300. The molecule has 0 saturated carbocycles. The predicted molar refractivity (Wildman–Crippen MR) is 53.2 cm³/mol. The summed E-state index contributed by atoms with van der Waals surface area (Å²) >= 11 is 0. The lowest BCUT2D eigenvalue weighted by atomic mass is 9.92. The van der Waals surface area contributed by atoms with E-state index in [1.807, 2.05) is 30.4 Å². The number of hydrogen-bond acceptors (Lipinski definition) is 0. The number of rotatable bonds is 0. The summed E-state index contributed by atoms with van der Waals surface area (Å²) in [5, 5.41) is 0. The molecule has 0 bridgehead atoms. The van der Waals surface area contributed by atoms with Gasteiger partial charge in [-0.25, -0.2) is 8.78 Å². The van der Waals surface area contributed by atoms with Gasteiger partial charge in [-0.15, -0.1) is 0 Å². The largest absolute Gasteiger partial charge is 0.255 e. The van der Waals surface area contributed by atoms with Gasteiger partial charge in [0.05, 0.1) is 0 Å². The first kappa shape index (κ1) is 9.38. The lowest BCUT2D eigenvalue weighted by Gasteiger charge is -2.20. The third-order valence-corrected chi connectivity index (χ3v) is 2.42. The highest BCUT2D eigenvalue weighted by molar-refractivity contribution is 5.44. The first-order valence-corrected chi connectivity index (χ1v) is 4.78. The van der Waals surface area contributed by atoms with Gasteiger partial charge in [0.15, 0.2) is 0 Å². The maximum absolute atomic E-state index is 13.1. The number of halogens is 2. The standard InChI is InChI=1S/C12H12F2/c13-12(14)8-4-7-11(9-12)10-5-2-1-3-6-10/h2-7H,1,8-9H2. The molecule has 14 heavy (non-hydrogen) atoms. The Bertz CT molecular complexity index is 329. The first-order valence-electron chi connectivity index (χ1n) is 4.78. The molecule has 0 aromatic heterocycles. The third kappa shape index (κ3) is 2.00. The van der Waals surface area contributed by atoms with Crippen LogP contribution in [0.4, 0.5) is 8.78 Å². The highest BCUT2D eigenvalue weighted by Gasteiger charge is 2.31. The average Bonchev–Trinajstić information content (AvgIpc) is 2.18. The van der Waals surface area contributed by atoms with E-state index in [-0.39, 0.29) is 12.8 Å². The maximum atomic E-state index is 13.1. The van der Waals surface area contributed by atoms with E-state index in [1.54, 1.807) is 6.08 Å². The molecule has 0 radical (unpaired) electrons. The van der Waals surface area contributed by atoms with Crippen molar-refractivity contribution in [2.45, 2.75) is 25.2 Å². The van der Waals surface area contributed by atoms with Crippen molar-refractivity contribution in [1.29, 1.82) is 0 Å². The molecule has 0 spiro atoms. The summed E-state index contributed by atoms with van der Waals surface area (Å²) in [5.41, 5.74) is 1.67. The second kappa shape index (κ2) is 3.52. The molecule has 0 saturated heterocycles. The summed E-state index contributed by atoms with van der Waals surface area (Å²) in [6, 6.07) is 0. The van der Waals surface area contributed by atoms with Crippen LogP contribution < -0.4 is 0 Å².